The lowest BCUT2D eigenvalue weighted by Crippen LogP contribution is -2.69. The average Bonchev–Trinajstić information content (AvgIpc) is 2.55. The van der Waals surface area contributed by atoms with Crippen molar-refractivity contribution in [3.8, 4) is 0 Å². The van der Waals surface area contributed by atoms with E-state index in [1.54, 1.807) is 0 Å². The lowest BCUT2D eigenvalue weighted by molar-refractivity contribution is -0.436. The molecule has 0 radical (unpaired) electrons. The number of rotatable bonds is 12. The lowest BCUT2D eigenvalue weighted by atomic mass is 9.93. The first-order chi connectivity index (χ1) is 12.8. The highest BCUT2D eigenvalue weighted by Crippen LogP contribution is 2.60. The van der Waals surface area contributed by atoms with Crippen molar-refractivity contribution in [1.82, 2.24) is 0 Å². The molecule has 0 rings (SSSR count). The van der Waals surface area contributed by atoms with Crippen molar-refractivity contribution in [2.75, 3.05) is 0 Å². The minimum absolute atomic E-state index is 0.153. The van der Waals surface area contributed by atoms with Gasteiger partial charge in [0, 0.05) is 0 Å². The molecule has 29 heavy (non-hydrogen) atoms. The van der Waals surface area contributed by atoms with Crippen LogP contribution < -0.4 is 0 Å². The Morgan fingerprint density at radius 1 is 0.517 bits per heavy atom. The molecular weight excluding hydrogens is 439 g/mol. The first-order valence-corrected chi connectivity index (χ1v) is 8.44. The number of alkyl halides is 13. The van der Waals surface area contributed by atoms with Gasteiger partial charge in [-0.3, -0.25) is 0 Å². The van der Waals surface area contributed by atoms with Crippen molar-refractivity contribution in [2.45, 2.75) is 87.7 Å². The van der Waals surface area contributed by atoms with Crippen molar-refractivity contribution in [2.24, 2.45) is 0 Å². The SMILES string of the molecule is CCCCCCCCC=CC(F)(F)C(F)(F)C(F)(F)C(F)(F)C(F)(F)C(F)(F)F. The van der Waals surface area contributed by atoms with E-state index < -0.39 is 41.9 Å². The van der Waals surface area contributed by atoms with Crippen LogP contribution in [0.5, 0.6) is 0 Å². The van der Waals surface area contributed by atoms with Crippen LogP contribution in [0.1, 0.15) is 51.9 Å². The maximum atomic E-state index is 13.4. The van der Waals surface area contributed by atoms with E-state index in [4.69, 9.17) is 0 Å². The fraction of sp³-hybridized carbons (Fsp3) is 0.875. The summed E-state index contributed by atoms with van der Waals surface area (Å²) in [5.41, 5.74) is 0. The predicted molar refractivity (Wildman–Crippen MR) is 77.9 cm³/mol. The quantitative estimate of drug-likeness (QED) is 0.158. The molecule has 174 valence electrons. The van der Waals surface area contributed by atoms with Gasteiger partial charge in [-0.05, 0) is 18.9 Å². The monoisotopic (exact) mass is 458 g/mol. The Bertz CT molecular complexity index is 531. The van der Waals surface area contributed by atoms with E-state index >= 15 is 0 Å². The second-order valence-electron chi connectivity index (χ2n) is 6.38. The largest absolute Gasteiger partial charge is 0.460 e. The fourth-order valence-corrected chi connectivity index (χ4v) is 2.16. The van der Waals surface area contributed by atoms with Gasteiger partial charge < -0.3 is 0 Å². The summed E-state index contributed by atoms with van der Waals surface area (Å²) in [4.78, 5) is 0. The summed E-state index contributed by atoms with van der Waals surface area (Å²) >= 11 is 0. The molecule has 0 heterocycles. The van der Waals surface area contributed by atoms with Crippen LogP contribution >= 0.6 is 0 Å². The van der Waals surface area contributed by atoms with Gasteiger partial charge in [-0.15, -0.1) is 0 Å². The van der Waals surface area contributed by atoms with Crippen LogP contribution in [-0.2, 0) is 0 Å². The van der Waals surface area contributed by atoms with Crippen molar-refractivity contribution in [1.29, 1.82) is 0 Å². The van der Waals surface area contributed by atoms with Gasteiger partial charge in [0.15, 0.2) is 0 Å². The molecule has 0 bridgehead atoms. The molecule has 0 spiro atoms. The van der Waals surface area contributed by atoms with E-state index in [1.807, 2.05) is 6.92 Å². The molecule has 0 unspecified atom stereocenters. The van der Waals surface area contributed by atoms with E-state index in [9.17, 15) is 57.1 Å². The Kier molecular flexibility index (Phi) is 8.94. The molecule has 0 saturated heterocycles. The number of hydrogen-bond donors (Lipinski definition) is 0. The maximum absolute atomic E-state index is 13.4. The van der Waals surface area contributed by atoms with Crippen molar-refractivity contribution < 1.29 is 57.1 Å². The Morgan fingerprint density at radius 2 is 0.931 bits per heavy atom. The topological polar surface area (TPSA) is 0 Å². The molecule has 0 amide bonds. The zero-order valence-corrected chi connectivity index (χ0v) is 15.0. The number of unbranched alkanes of at least 4 members (excludes halogenated alkanes) is 6. The predicted octanol–water partition coefficient (Wildman–Crippen LogP) is 8.03. The second kappa shape index (κ2) is 9.32. The lowest BCUT2D eigenvalue weighted by Gasteiger charge is -2.39. The Labute approximate surface area is 158 Å². The standard InChI is InChI=1S/C16H19F13/c1-2-3-4-5-6-7-8-9-10-11(17,18)12(19,20)13(21,22)14(23,24)15(25,26)16(27,28)29/h9-10H,2-8H2,1H3. The third-order valence-corrected chi connectivity index (χ3v) is 4.01. The first-order valence-electron chi connectivity index (χ1n) is 8.44. The van der Waals surface area contributed by atoms with Crippen molar-refractivity contribution in [3.63, 3.8) is 0 Å². The summed E-state index contributed by atoms with van der Waals surface area (Å²) in [5.74, 6) is -36.6. The Balaban J connectivity index is 5.42. The Morgan fingerprint density at radius 3 is 1.38 bits per heavy atom. The molecule has 0 atom stereocenters. The normalized spacial score (nSPS) is 15.4. The van der Waals surface area contributed by atoms with E-state index in [2.05, 4.69) is 0 Å². The molecule has 0 nitrogen and oxygen atoms in total. The summed E-state index contributed by atoms with van der Waals surface area (Å²) in [6, 6.07) is 0. The molecule has 0 aromatic carbocycles. The minimum Gasteiger partial charge on any atom is -0.195 e. The van der Waals surface area contributed by atoms with E-state index in [0.29, 0.717) is 12.8 Å². The molecule has 0 aliphatic carbocycles. The third kappa shape index (κ3) is 5.50. The number of halogens is 13. The molecule has 0 aliphatic rings. The van der Waals surface area contributed by atoms with Gasteiger partial charge >= 0.3 is 35.8 Å². The smallest absolute Gasteiger partial charge is 0.195 e. The zero-order valence-electron chi connectivity index (χ0n) is 15.0. The molecular formula is C16H19F13. The molecule has 0 N–H and O–H groups in total. The highest BCUT2D eigenvalue weighted by molar-refractivity contribution is 5.15. The average molecular weight is 458 g/mol. The number of hydrogen-bond acceptors (Lipinski definition) is 0. The first kappa shape index (κ1) is 27.8. The second-order valence-corrected chi connectivity index (χ2v) is 6.38. The summed E-state index contributed by atoms with van der Waals surface area (Å²) < 4.78 is 167. The van der Waals surface area contributed by atoms with Gasteiger partial charge in [-0.2, -0.15) is 57.1 Å². The molecule has 0 aromatic rings. The van der Waals surface area contributed by atoms with Gasteiger partial charge in [0.1, 0.15) is 0 Å². The van der Waals surface area contributed by atoms with E-state index in [1.165, 1.54) is 0 Å². The van der Waals surface area contributed by atoms with Gasteiger partial charge in [-0.1, -0.05) is 45.1 Å². The molecule has 0 aromatic heterocycles. The molecule has 0 aliphatic heterocycles. The van der Waals surface area contributed by atoms with Crippen LogP contribution in [0, 0.1) is 0 Å². The van der Waals surface area contributed by atoms with E-state index in [-0.39, 0.29) is 18.9 Å². The van der Waals surface area contributed by atoms with Crippen molar-refractivity contribution in [3.05, 3.63) is 12.2 Å². The zero-order chi connectivity index (χ0) is 23.4. The summed E-state index contributed by atoms with van der Waals surface area (Å²) in [7, 11) is 0. The van der Waals surface area contributed by atoms with Crippen LogP contribution in [-0.4, -0.2) is 35.8 Å². The minimum atomic E-state index is -7.85. The van der Waals surface area contributed by atoms with Crippen LogP contribution in [0.4, 0.5) is 57.1 Å². The van der Waals surface area contributed by atoms with Gasteiger partial charge in [0.05, 0.1) is 0 Å². The van der Waals surface area contributed by atoms with Crippen LogP contribution in [0.2, 0.25) is 0 Å². The molecule has 0 saturated carbocycles. The summed E-state index contributed by atoms with van der Waals surface area (Å²) in [6.07, 6.45) is -4.54. The maximum Gasteiger partial charge on any atom is 0.460 e. The Hall–Kier alpha value is -1.17. The fourth-order valence-electron chi connectivity index (χ4n) is 2.16. The highest BCUT2D eigenvalue weighted by atomic mass is 19.4. The van der Waals surface area contributed by atoms with Crippen LogP contribution in [0.3, 0.4) is 0 Å². The summed E-state index contributed by atoms with van der Waals surface area (Å²) in [5, 5.41) is 0. The highest BCUT2D eigenvalue weighted by Gasteiger charge is 2.90. The molecule has 13 heteroatoms. The van der Waals surface area contributed by atoms with Gasteiger partial charge in [-0.25, -0.2) is 0 Å². The van der Waals surface area contributed by atoms with Crippen LogP contribution in [0.15, 0.2) is 12.2 Å². The van der Waals surface area contributed by atoms with Gasteiger partial charge in [0.2, 0.25) is 0 Å². The number of allylic oxidation sites excluding steroid dienone is 2. The van der Waals surface area contributed by atoms with Gasteiger partial charge in [0.25, 0.3) is 0 Å². The molecule has 0 fully saturated rings. The third-order valence-electron chi connectivity index (χ3n) is 4.01. The van der Waals surface area contributed by atoms with E-state index in [0.717, 1.165) is 19.3 Å². The summed E-state index contributed by atoms with van der Waals surface area (Å²) in [6.45, 7) is 1.91. The van der Waals surface area contributed by atoms with Crippen LogP contribution in [0.25, 0.3) is 0 Å². The van der Waals surface area contributed by atoms with Crippen molar-refractivity contribution >= 4 is 0 Å².